The molecule has 1 aliphatic rings. The molecule has 3 rings (SSSR count). The Balaban J connectivity index is 2.30. The first-order valence-corrected chi connectivity index (χ1v) is 8.17. The first-order valence-electron chi connectivity index (χ1n) is 8.17. The highest BCUT2D eigenvalue weighted by molar-refractivity contribution is 5.97. The van der Waals surface area contributed by atoms with E-state index in [4.69, 9.17) is 0 Å². The van der Waals surface area contributed by atoms with Crippen LogP contribution in [0.2, 0.25) is 0 Å². The highest BCUT2D eigenvalue weighted by atomic mass is 16.1. The maximum absolute atomic E-state index is 12.2. The summed E-state index contributed by atoms with van der Waals surface area (Å²) in [5.41, 5.74) is 5.70. The van der Waals surface area contributed by atoms with Crippen molar-refractivity contribution in [3.63, 3.8) is 0 Å². The molecule has 0 spiro atoms. The molecule has 0 aliphatic heterocycles. The minimum Gasteiger partial charge on any atom is -0.294 e. The van der Waals surface area contributed by atoms with Gasteiger partial charge in [0.2, 0.25) is 0 Å². The van der Waals surface area contributed by atoms with Gasteiger partial charge in [-0.1, -0.05) is 55.5 Å². The van der Waals surface area contributed by atoms with E-state index in [2.05, 4.69) is 49.6 Å². The molecule has 0 aromatic heterocycles. The molecule has 0 amide bonds. The summed E-state index contributed by atoms with van der Waals surface area (Å²) < 4.78 is 0. The second kappa shape index (κ2) is 6.00. The van der Waals surface area contributed by atoms with Crippen molar-refractivity contribution in [2.24, 2.45) is 0 Å². The van der Waals surface area contributed by atoms with Gasteiger partial charge in [-0.2, -0.15) is 0 Å². The maximum Gasteiger partial charge on any atom is 0.162 e. The fraction of sp³-hybridized carbons (Fsp3) is 0.227. The fourth-order valence-corrected chi connectivity index (χ4v) is 3.85. The van der Waals surface area contributed by atoms with E-state index >= 15 is 0 Å². The van der Waals surface area contributed by atoms with Gasteiger partial charge in [0.05, 0.1) is 0 Å². The van der Waals surface area contributed by atoms with E-state index in [1.54, 1.807) is 0 Å². The van der Waals surface area contributed by atoms with Crippen molar-refractivity contribution in [1.82, 2.24) is 0 Å². The largest absolute Gasteiger partial charge is 0.294 e. The van der Waals surface area contributed by atoms with E-state index in [9.17, 15) is 4.79 Å². The van der Waals surface area contributed by atoms with Crippen molar-refractivity contribution in [3.8, 4) is 11.1 Å². The monoisotopic (exact) mass is 302 g/mol. The van der Waals surface area contributed by atoms with E-state index in [1.165, 1.54) is 22.3 Å². The van der Waals surface area contributed by atoms with Crippen LogP contribution in [0.15, 0.2) is 67.8 Å². The van der Waals surface area contributed by atoms with E-state index < -0.39 is 0 Å². The van der Waals surface area contributed by atoms with Crippen molar-refractivity contribution in [3.05, 3.63) is 84.5 Å². The Morgan fingerprint density at radius 2 is 1.65 bits per heavy atom. The van der Waals surface area contributed by atoms with Crippen LogP contribution >= 0.6 is 0 Å². The zero-order chi connectivity index (χ0) is 16.4. The summed E-state index contributed by atoms with van der Waals surface area (Å²) >= 11 is 0. The zero-order valence-electron chi connectivity index (χ0n) is 13.6. The number of hydrogen-bond acceptors (Lipinski definition) is 1. The minimum absolute atomic E-state index is 0.153. The minimum atomic E-state index is -0.153. The molecule has 0 heterocycles. The molecule has 2 aromatic rings. The van der Waals surface area contributed by atoms with Crippen LogP contribution in [0, 0.1) is 0 Å². The quantitative estimate of drug-likeness (QED) is 0.494. The van der Waals surface area contributed by atoms with Crippen molar-refractivity contribution in [2.75, 3.05) is 0 Å². The maximum atomic E-state index is 12.2. The molecule has 0 saturated carbocycles. The Morgan fingerprint density at radius 1 is 1.00 bits per heavy atom. The molecule has 0 atom stereocenters. The molecular weight excluding hydrogens is 280 g/mol. The van der Waals surface area contributed by atoms with Crippen molar-refractivity contribution in [1.29, 1.82) is 0 Å². The molecule has 0 N–H and O–H groups in total. The number of allylic oxidation sites excluding steroid dienone is 2. The van der Waals surface area contributed by atoms with Gasteiger partial charge in [-0.3, -0.25) is 4.79 Å². The molecule has 0 radical (unpaired) electrons. The van der Waals surface area contributed by atoms with Gasteiger partial charge in [0, 0.05) is 17.4 Å². The van der Waals surface area contributed by atoms with E-state index in [0.29, 0.717) is 6.42 Å². The summed E-state index contributed by atoms with van der Waals surface area (Å²) in [7, 11) is 0. The first-order chi connectivity index (χ1) is 11.2. The lowest BCUT2D eigenvalue weighted by Crippen LogP contribution is -2.24. The number of rotatable bonds is 6. The number of hydrogen-bond donors (Lipinski definition) is 0. The molecule has 1 heteroatoms. The third kappa shape index (κ3) is 2.28. The Kier molecular flexibility index (Phi) is 4.04. The first kappa shape index (κ1) is 15.5. The van der Waals surface area contributed by atoms with Crippen LogP contribution in [0.1, 0.15) is 47.7 Å². The molecule has 0 fully saturated rings. The van der Waals surface area contributed by atoms with E-state index in [-0.39, 0.29) is 11.2 Å². The van der Waals surface area contributed by atoms with Gasteiger partial charge in [0.25, 0.3) is 0 Å². The third-order valence-corrected chi connectivity index (χ3v) is 4.90. The van der Waals surface area contributed by atoms with E-state index in [1.807, 2.05) is 25.1 Å². The second-order valence-corrected chi connectivity index (χ2v) is 6.15. The average Bonchev–Trinajstić information content (AvgIpc) is 2.85. The van der Waals surface area contributed by atoms with Crippen LogP contribution in [0.25, 0.3) is 11.1 Å². The fourth-order valence-electron chi connectivity index (χ4n) is 3.85. The highest BCUT2D eigenvalue weighted by Gasteiger charge is 2.41. The Labute approximate surface area is 138 Å². The number of carbonyl (C=O) groups excluding carboxylic acids is 1. The van der Waals surface area contributed by atoms with E-state index in [0.717, 1.165) is 18.4 Å². The standard InChI is InChI=1S/C22H22O/c1-4-13-22(14-5-2)19-10-8-7-9-17(19)18-12-11-16(15-20(18)22)21(23)6-3/h4-5,7-12,15H,1-2,6,13-14H2,3H3. The molecule has 0 unspecified atom stereocenters. The molecule has 1 nitrogen and oxygen atoms in total. The summed E-state index contributed by atoms with van der Waals surface area (Å²) in [4.78, 5) is 12.2. The summed E-state index contributed by atoms with van der Waals surface area (Å²) in [5, 5.41) is 0. The van der Waals surface area contributed by atoms with Crippen LogP contribution in [0.3, 0.4) is 0 Å². The Bertz CT molecular complexity index is 772. The summed E-state index contributed by atoms with van der Waals surface area (Å²) in [5.74, 6) is 0.190. The second-order valence-electron chi connectivity index (χ2n) is 6.15. The van der Waals surface area contributed by atoms with Gasteiger partial charge in [-0.25, -0.2) is 0 Å². The van der Waals surface area contributed by atoms with Crippen LogP contribution in [-0.2, 0) is 5.41 Å². The molecule has 0 saturated heterocycles. The van der Waals surface area contributed by atoms with Crippen LogP contribution in [-0.4, -0.2) is 5.78 Å². The molecule has 2 aromatic carbocycles. The number of fused-ring (bicyclic) bond motifs is 3. The van der Waals surface area contributed by atoms with Crippen LogP contribution in [0.5, 0.6) is 0 Å². The predicted octanol–water partition coefficient (Wildman–Crippen LogP) is 5.70. The van der Waals surface area contributed by atoms with Gasteiger partial charge >= 0.3 is 0 Å². The number of benzene rings is 2. The SMILES string of the molecule is C=CCC1(CC=C)c2ccccc2-c2ccc(C(=O)CC)cc21. The lowest BCUT2D eigenvalue weighted by atomic mass is 9.72. The molecular formula is C22H22O. The van der Waals surface area contributed by atoms with Crippen LogP contribution < -0.4 is 0 Å². The lowest BCUT2D eigenvalue weighted by molar-refractivity contribution is 0.0988. The predicted molar refractivity (Wildman–Crippen MR) is 96.9 cm³/mol. The summed E-state index contributed by atoms with van der Waals surface area (Å²) in [6.45, 7) is 9.85. The van der Waals surface area contributed by atoms with Gasteiger partial charge in [0.1, 0.15) is 0 Å². The topological polar surface area (TPSA) is 17.1 Å². The molecule has 0 bridgehead atoms. The van der Waals surface area contributed by atoms with Crippen molar-refractivity contribution in [2.45, 2.75) is 31.6 Å². The molecule has 1 aliphatic carbocycles. The van der Waals surface area contributed by atoms with Gasteiger partial charge in [-0.05, 0) is 41.2 Å². The Morgan fingerprint density at radius 3 is 2.30 bits per heavy atom. The summed E-state index contributed by atoms with van der Waals surface area (Å²) in [6.07, 6.45) is 6.16. The average molecular weight is 302 g/mol. The van der Waals surface area contributed by atoms with Crippen molar-refractivity contribution < 1.29 is 4.79 Å². The van der Waals surface area contributed by atoms with Crippen molar-refractivity contribution >= 4 is 5.78 Å². The van der Waals surface area contributed by atoms with Gasteiger partial charge in [-0.15, -0.1) is 13.2 Å². The summed E-state index contributed by atoms with van der Waals surface area (Å²) in [6, 6.07) is 14.7. The number of ketones is 1. The van der Waals surface area contributed by atoms with Gasteiger partial charge in [0.15, 0.2) is 5.78 Å². The third-order valence-electron chi connectivity index (χ3n) is 4.90. The van der Waals surface area contributed by atoms with Crippen LogP contribution in [0.4, 0.5) is 0 Å². The molecule has 116 valence electrons. The number of carbonyl (C=O) groups is 1. The smallest absolute Gasteiger partial charge is 0.162 e. The lowest BCUT2D eigenvalue weighted by Gasteiger charge is -2.30. The highest BCUT2D eigenvalue weighted by Crippen LogP contribution is 2.53. The van der Waals surface area contributed by atoms with Gasteiger partial charge < -0.3 is 0 Å². The molecule has 23 heavy (non-hydrogen) atoms. The normalized spacial score (nSPS) is 14.0. The Hall–Kier alpha value is -2.41. The number of Topliss-reactive ketones (excluding diaryl/α,β-unsaturated/α-hetero) is 1. The zero-order valence-corrected chi connectivity index (χ0v) is 13.6.